The Morgan fingerprint density at radius 2 is 2.14 bits per heavy atom. The van der Waals surface area contributed by atoms with Crippen LogP contribution in [0.25, 0.3) is 0 Å². The maximum atomic E-state index is 13.2. The number of carbonyl (C=O) groups is 1. The number of nitrogens with zero attached hydrogens (tertiary/aromatic N) is 3. The van der Waals surface area contributed by atoms with Crippen LogP contribution in [0.5, 0.6) is 0 Å². The number of halogens is 2. The van der Waals surface area contributed by atoms with Crippen LogP contribution in [-0.4, -0.2) is 40.2 Å². The van der Waals surface area contributed by atoms with E-state index >= 15 is 0 Å². The van der Waals surface area contributed by atoms with Gasteiger partial charge in [0, 0.05) is 38.4 Å². The highest BCUT2D eigenvalue weighted by atomic mass is 19.2. The maximum absolute atomic E-state index is 13.2. The number of nitrogens with one attached hydrogen (secondary N) is 1. The molecule has 0 bridgehead atoms. The van der Waals surface area contributed by atoms with Crippen LogP contribution < -0.4 is 5.32 Å². The molecule has 0 spiro atoms. The molecule has 152 valence electrons. The number of hydrogen-bond donors (Lipinski definition) is 1. The summed E-state index contributed by atoms with van der Waals surface area (Å²) in [5, 5.41) is 7.02. The predicted molar refractivity (Wildman–Crippen MR) is 103 cm³/mol. The SMILES string of the molecule is O=C(CC[C@H]1CCCN(CCCn2cccn2)C1)NCc1ccc(F)c(F)c1. The molecule has 28 heavy (non-hydrogen) atoms. The van der Waals surface area contributed by atoms with E-state index in [0.29, 0.717) is 17.9 Å². The van der Waals surface area contributed by atoms with Crippen molar-refractivity contribution in [3.8, 4) is 0 Å². The molecule has 1 aromatic carbocycles. The summed E-state index contributed by atoms with van der Waals surface area (Å²) in [4.78, 5) is 14.6. The summed E-state index contributed by atoms with van der Waals surface area (Å²) in [6, 6.07) is 5.63. The standard InChI is InChI=1S/C21H28F2N4O/c22-19-7-5-18(14-20(19)23)15-24-21(28)8-6-17-4-1-10-26(16-17)11-3-13-27-12-2-9-25-27/h2,5,7,9,12,14,17H,1,3-4,6,8,10-11,13,15-16H2,(H,24,28)/t17-/m1/s1. The third-order valence-electron chi connectivity index (χ3n) is 5.28. The molecule has 0 saturated carbocycles. The van der Waals surface area contributed by atoms with E-state index in [2.05, 4.69) is 15.3 Å². The molecule has 1 aliphatic rings. The van der Waals surface area contributed by atoms with Gasteiger partial charge >= 0.3 is 0 Å². The van der Waals surface area contributed by atoms with Crippen molar-refractivity contribution in [3.05, 3.63) is 53.9 Å². The minimum atomic E-state index is -0.887. The highest BCUT2D eigenvalue weighted by Crippen LogP contribution is 2.21. The van der Waals surface area contributed by atoms with Gasteiger partial charge in [0.25, 0.3) is 0 Å². The molecule has 1 aromatic heterocycles. The predicted octanol–water partition coefficient (Wildman–Crippen LogP) is 3.36. The molecule has 1 aliphatic heterocycles. The molecule has 3 rings (SSSR count). The van der Waals surface area contributed by atoms with Gasteiger partial charge in [0.15, 0.2) is 11.6 Å². The highest BCUT2D eigenvalue weighted by molar-refractivity contribution is 5.75. The number of hydrogen-bond acceptors (Lipinski definition) is 3. The molecule has 1 atom stereocenters. The van der Waals surface area contributed by atoms with Crippen LogP contribution in [0.1, 0.15) is 37.7 Å². The average molecular weight is 390 g/mol. The number of rotatable bonds is 9. The number of carbonyl (C=O) groups excluding carboxylic acids is 1. The Balaban J connectivity index is 1.32. The van der Waals surface area contributed by atoms with Gasteiger partial charge in [0.2, 0.25) is 5.91 Å². The Kier molecular flexibility index (Phi) is 7.54. The van der Waals surface area contributed by atoms with Gasteiger partial charge in [-0.1, -0.05) is 6.07 Å². The van der Waals surface area contributed by atoms with Crippen molar-refractivity contribution < 1.29 is 13.6 Å². The molecule has 5 nitrogen and oxygen atoms in total. The molecule has 2 aromatic rings. The lowest BCUT2D eigenvalue weighted by Gasteiger charge is -2.32. The Hall–Kier alpha value is -2.28. The van der Waals surface area contributed by atoms with Crippen molar-refractivity contribution in [3.63, 3.8) is 0 Å². The quantitative estimate of drug-likeness (QED) is 0.714. The first kappa shape index (κ1) is 20.5. The van der Waals surface area contributed by atoms with Crippen LogP contribution in [-0.2, 0) is 17.9 Å². The fourth-order valence-electron chi connectivity index (χ4n) is 3.75. The van der Waals surface area contributed by atoms with E-state index in [4.69, 9.17) is 0 Å². The van der Waals surface area contributed by atoms with E-state index in [0.717, 1.165) is 57.6 Å². The summed E-state index contributed by atoms with van der Waals surface area (Å²) >= 11 is 0. The van der Waals surface area contributed by atoms with Gasteiger partial charge in [0.05, 0.1) is 0 Å². The number of amides is 1. The topological polar surface area (TPSA) is 50.2 Å². The Morgan fingerprint density at radius 3 is 2.93 bits per heavy atom. The van der Waals surface area contributed by atoms with Gasteiger partial charge in [-0.05, 0) is 68.5 Å². The van der Waals surface area contributed by atoms with Crippen molar-refractivity contribution in [1.82, 2.24) is 20.0 Å². The minimum absolute atomic E-state index is 0.0412. The monoisotopic (exact) mass is 390 g/mol. The first-order valence-electron chi connectivity index (χ1n) is 10.0. The number of aryl methyl sites for hydroxylation is 1. The highest BCUT2D eigenvalue weighted by Gasteiger charge is 2.20. The molecule has 0 aliphatic carbocycles. The summed E-state index contributed by atoms with van der Waals surface area (Å²) in [5.41, 5.74) is 0.563. The zero-order valence-electron chi connectivity index (χ0n) is 16.1. The average Bonchev–Trinajstić information content (AvgIpc) is 3.21. The van der Waals surface area contributed by atoms with Gasteiger partial charge in [-0.25, -0.2) is 8.78 Å². The summed E-state index contributed by atoms with van der Waals surface area (Å²) in [6.07, 6.45) is 8.51. The Morgan fingerprint density at radius 1 is 1.25 bits per heavy atom. The summed E-state index contributed by atoms with van der Waals surface area (Å²) < 4.78 is 28.1. The summed E-state index contributed by atoms with van der Waals surface area (Å²) in [7, 11) is 0. The lowest BCUT2D eigenvalue weighted by molar-refractivity contribution is -0.121. The second-order valence-corrected chi connectivity index (χ2v) is 7.50. The largest absolute Gasteiger partial charge is 0.352 e. The van der Waals surface area contributed by atoms with Gasteiger partial charge < -0.3 is 10.2 Å². The van der Waals surface area contributed by atoms with Gasteiger partial charge in [-0.2, -0.15) is 5.10 Å². The number of benzene rings is 1. The van der Waals surface area contributed by atoms with Gasteiger partial charge in [-0.3, -0.25) is 9.48 Å². The fraction of sp³-hybridized carbons (Fsp3) is 0.524. The van der Waals surface area contributed by atoms with Crippen LogP contribution in [0.15, 0.2) is 36.7 Å². The van der Waals surface area contributed by atoms with E-state index in [1.54, 1.807) is 6.20 Å². The maximum Gasteiger partial charge on any atom is 0.220 e. The van der Waals surface area contributed by atoms with E-state index in [1.807, 2.05) is 16.9 Å². The summed E-state index contributed by atoms with van der Waals surface area (Å²) in [5.74, 6) is -1.27. The molecule has 1 saturated heterocycles. The van der Waals surface area contributed by atoms with Crippen molar-refractivity contribution in [2.24, 2.45) is 5.92 Å². The molecule has 0 unspecified atom stereocenters. The van der Waals surface area contributed by atoms with E-state index in [1.165, 1.54) is 12.5 Å². The molecule has 2 heterocycles. The molecule has 7 heteroatoms. The van der Waals surface area contributed by atoms with Crippen molar-refractivity contribution in [1.29, 1.82) is 0 Å². The second kappa shape index (κ2) is 10.3. The van der Waals surface area contributed by atoms with Crippen LogP contribution in [0.2, 0.25) is 0 Å². The van der Waals surface area contributed by atoms with Gasteiger partial charge in [-0.15, -0.1) is 0 Å². The summed E-state index contributed by atoms with van der Waals surface area (Å²) in [6.45, 7) is 4.37. The van der Waals surface area contributed by atoms with Crippen LogP contribution in [0.3, 0.4) is 0 Å². The van der Waals surface area contributed by atoms with Crippen molar-refractivity contribution in [2.45, 2.75) is 45.2 Å². The zero-order chi connectivity index (χ0) is 19.8. The lowest BCUT2D eigenvalue weighted by Crippen LogP contribution is -2.37. The first-order valence-corrected chi connectivity index (χ1v) is 10.0. The normalized spacial score (nSPS) is 17.6. The van der Waals surface area contributed by atoms with E-state index in [-0.39, 0.29) is 12.5 Å². The van der Waals surface area contributed by atoms with Crippen LogP contribution in [0.4, 0.5) is 8.78 Å². The second-order valence-electron chi connectivity index (χ2n) is 7.50. The molecule has 0 radical (unpaired) electrons. The van der Waals surface area contributed by atoms with Crippen molar-refractivity contribution >= 4 is 5.91 Å². The molecular formula is C21H28F2N4O. The third-order valence-corrected chi connectivity index (χ3v) is 5.28. The van der Waals surface area contributed by atoms with E-state index < -0.39 is 11.6 Å². The third kappa shape index (κ3) is 6.41. The minimum Gasteiger partial charge on any atom is -0.352 e. The first-order chi connectivity index (χ1) is 13.6. The Bertz CT molecular complexity index is 751. The van der Waals surface area contributed by atoms with Crippen LogP contribution in [0, 0.1) is 17.6 Å². The number of aromatic nitrogens is 2. The van der Waals surface area contributed by atoms with E-state index in [9.17, 15) is 13.6 Å². The van der Waals surface area contributed by atoms with Crippen molar-refractivity contribution in [2.75, 3.05) is 19.6 Å². The molecule has 1 fully saturated rings. The number of likely N-dealkylation sites (tertiary alicyclic amines) is 1. The Labute approximate surface area is 164 Å². The molecule has 1 amide bonds. The number of piperidine rings is 1. The zero-order valence-corrected chi connectivity index (χ0v) is 16.1. The molecular weight excluding hydrogens is 362 g/mol. The van der Waals surface area contributed by atoms with Gasteiger partial charge in [0.1, 0.15) is 0 Å². The lowest BCUT2D eigenvalue weighted by atomic mass is 9.93. The smallest absolute Gasteiger partial charge is 0.220 e. The van der Waals surface area contributed by atoms with Crippen LogP contribution >= 0.6 is 0 Å². The molecule has 1 N–H and O–H groups in total. The fourth-order valence-corrected chi connectivity index (χ4v) is 3.75.